The molecule has 2 aromatic carbocycles. The van der Waals surface area contributed by atoms with Gasteiger partial charge in [0.1, 0.15) is 18.1 Å². The maximum absolute atomic E-state index is 9.72. The van der Waals surface area contributed by atoms with Crippen LogP contribution in [0.5, 0.6) is 5.75 Å². The molecule has 1 atom stereocenters. The molecule has 1 unspecified atom stereocenters. The molecular weight excluding hydrogens is 388 g/mol. The molecule has 0 aromatic heterocycles. The fraction of sp³-hybridized carbons (Fsp3) is 0.538. The van der Waals surface area contributed by atoms with E-state index in [0.29, 0.717) is 6.61 Å². The van der Waals surface area contributed by atoms with Crippen LogP contribution in [-0.4, -0.2) is 48.6 Å². The van der Waals surface area contributed by atoms with E-state index in [0.717, 1.165) is 69.3 Å². The van der Waals surface area contributed by atoms with Gasteiger partial charge in [-0.3, -0.25) is 0 Å². The molecule has 1 aliphatic carbocycles. The average Bonchev–Trinajstić information content (AvgIpc) is 3.64. The van der Waals surface area contributed by atoms with Gasteiger partial charge in [0.25, 0.3) is 0 Å². The van der Waals surface area contributed by atoms with Gasteiger partial charge in [-0.05, 0) is 79.3 Å². The summed E-state index contributed by atoms with van der Waals surface area (Å²) in [7, 11) is 0. The third-order valence-electron chi connectivity index (χ3n) is 6.77. The van der Waals surface area contributed by atoms with Gasteiger partial charge < -0.3 is 24.8 Å². The largest absolute Gasteiger partial charge is 0.490 e. The van der Waals surface area contributed by atoms with Crippen LogP contribution in [0.2, 0.25) is 0 Å². The van der Waals surface area contributed by atoms with Crippen LogP contribution in [0.4, 0.5) is 5.69 Å². The standard InChI is InChI=1S/C26H34N2O3/c29-26-10-7-22-17-24(8-9-25(22)27-26)31-23-11-13-28(14-12-23)15-16-30-18-19-1-3-20(4-2-19)21-5-6-21/h1-4,8-9,17,21,23,26-27,29H,5-7,10-16,18H2. The lowest BCUT2D eigenvalue weighted by Crippen LogP contribution is -2.39. The summed E-state index contributed by atoms with van der Waals surface area (Å²) in [6.45, 7) is 4.58. The third kappa shape index (κ3) is 5.59. The zero-order chi connectivity index (χ0) is 21.0. The molecule has 0 amide bonds. The first kappa shape index (κ1) is 20.8. The van der Waals surface area contributed by atoms with Crippen molar-refractivity contribution in [3.05, 3.63) is 59.2 Å². The molecule has 2 fully saturated rings. The highest BCUT2D eigenvalue weighted by Gasteiger charge is 2.23. The molecule has 0 spiro atoms. The minimum Gasteiger partial charge on any atom is -0.490 e. The second kappa shape index (κ2) is 9.60. The van der Waals surface area contributed by atoms with Crippen molar-refractivity contribution in [2.75, 3.05) is 31.6 Å². The van der Waals surface area contributed by atoms with Gasteiger partial charge in [0, 0.05) is 25.3 Å². The molecule has 0 bridgehead atoms. The second-order valence-electron chi connectivity index (χ2n) is 9.25. The highest BCUT2D eigenvalue weighted by molar-refractivity contribution is 5.56. The van der Waals surface area contributed by atoms with Crippen molar-refractivity contribution in [3.8, 4) is 5.75 Å². The summed E-state index contributed by atoms with van der Waals surface area (Å²) in [5.41, 5.74) is 5.02. The van der Waals surface area contributed by atoms with Crippen molar-refractivity contribution in [2.45, 2.75) is 63.4 Å². The minimum atomic E-state index is -0.430. The van der Waals surface area contributed by atoms with E-state index in [1.54, 1.807) is 0 Å². The lowest BCUT2D eigenvalue weighted by molar-refractivity contribution is 0.0599. The summed E-state index contributed by atoms with van der Waals surface area (Å²) < 4.78 is 12.2. The minimum absolute atomic E-state index is 0.280. The number of ether oxygens (including phenoxy) is 2. The number of benzene rings is 2. The summed E-state index contributed by atoms with van der Waals surface area (Å²) in [4.78, 5) is 2.48. The fourth-order valence-electron chi connectivity index (χ4n) is 4.66. The Hall–Kier alpha value is -2.08. The first-order valence-electron chi connectivity index (χ1n) is 11.9. The summed E-state index contributed by atoms with van der Waals surface area (Å²) in [5, 5.41) is 12.8. The monoisotopic (exact) mass is 422 g/mol. The number of rotatable bonds is 8. The van der Waals surface area contributed by atoms with Crippen LogP contribution in [0.15, 0.2) is 42.5 Å². The van der Waals surface area contributed by atoms with Crippen molar-refractivity contribution in [3.63, 3.8) is 0 Å². The first-order chi connectivity index (χ1) is 15.2. The van der Waals surface area contributed by atoms with Gasteiger partial charge in [0.2, 0.25) is 0 Å². The van der Waals surface area contributed by atoms with Crippen LogP contribution >= 0.6 is 0 Å². The number of nitrogens with one attached hydrogen (secondary N) is 1. The SMILES string of the molecule is OC1CCc2cc(OC3CCN(CCOCc4ccc(C5CC5)cc4)CC3)ccc2N1. The van der Waals surface area contributed by atoms with E-state index in [-0.39, 0.29) is 6.10 Å². The van der Waals surface area contributed by atoms with E-state index >= 15 is 0 Å². The predicted molar refractivity (Wildman–Crippen MR) is 123 cm³/mol. The Bertz CT molecular complexity index is 857. The normalized spacial score (nSPS) is 22.0. The Balaban J connectivity index is 0.998. The van der Waals surface area contributed by atoms with Gasteiger partial charge in [0.15, 0.2) is 0 Å². The van der Waals surface area contributed by atoms with Gasteiger partial charge >= 0.3 is 0 Å². The molecule has 1 saturated carbocycles. The van der Waals surface area contributed by atoms with Crippen molar-refractivity contribution in [2.24, 2.45) is 0 Å². The molecule has 31 heavy (non-hydrogen) atoms. The Morgan fingerprint density at radius 2 is 1.77 bits per heavy atom. The van der Waals surface area contributed by atoms with E-state index in [2.05, 4.69) is 40.5 Å². The number of aryl methyl sites for hydroxylation is 1. The van der Waals surface area contributed by atoms with E-state index < -0.39 is 6.23 Å². The Kier molecular flexibility index (Phi) is 6.44. The number of nitrogens with zero attached hydrogens (tertiary/aromatic N) is 1. The van der Waals surface area contributed by atoms with Crippen molar-refractivity contribution < 1.29 is 14.6 Å². The van der Waals surface area contributed by atoms with Crippen LogP contribution in [0.3, 0.4) is 0 Å². The molecule has 5 heteroatoms. The molecule has 5 rings (SSSR count). The van der Waals surface area contributed by atoms with Gasteiger partial charge in [-0.15, -0.1) is 0 Å². The highest BCUT2D eigenvalue weighted by Crippen LogP contribution is 2.39. The topological polar surface area (TPSA) is 54.0 Å². The maximum atomic E-state index is 9.72. The number of aliphatic hydroxyl groups is 1. The van der Waals surface area contributed by atoms with Crippen LogP contribution < -0.4 is 10.1 Å². The molecule has 2 aliphatic heterocycles. The molecule has 2 aromatic rings. The van der Waals surface area contributed by atoms with Crippen molar-refractivity contribution in [1.29, 1.82) is 0 Å². The smallest absolute Gasteiger partial charge is 0.124 e. The quantitative estimate of drug-likeness (QED) is 0.621. The summed E-state index contributed by atoms with van der Waals surface area (Å²) in [6.07, 6.45) is 6.31. The number of likely N-dealkylation sites (tertiary alicyclic amines) is 1. The van der Waals surface area contributed by atoms with Crippen LogP contribution in [0.25, 0.3) is 0 Å². The maximum Gasteiger partial charge on any atom is 0.124 e. The van der Waals surface area contributed by atoms with Gasteiger partial charge in [-0.25, -0.2) is 0 Å². The number of aliphatic hydroxyl groups excluding tert-OH is 1. The molecule has 2 heterocycles. The number of piperidine rings is 1. The molecule has 3 aliphatic rings. The van der Waals surface area contributed by atoms with Gasteiger partial charge in [0.05, 0.1) is 13.2 Å². The molecule has 2 N–H and O–H groups in total. The second-order valence-corrected chi connectivity index (χ2v) is 9.25. The van der Waals surface area contributed by atoms with Crippen LogP contribution in [-0.2, 0) is 17.8 Å². The number of anilines is 1. The zero-order valence-corrected chi connectivity index (χ0v) is 18.3. The molecular formula is C26H34N2O3. The van der Waals surface area contributed by atoms with E-state index in [1.165, 1.54) is 29.5 Å². The summed E-state index contributed by atoms with van der Waals surface area (Å²) in [5.74, 6) is 1.77. The highest BCUT2D eigenvalue weighted by atomic mass is 16.5. The molecule has 1 saturated heterocycles. The fourth-order valence-corrected chi connectivity index (χ4v) is 4.66. The van der Waals surface area contributed by atoms with Crippen LogP contribution in [0.1, 0.15) is 54.7 Å². The lowest BCUT2D eigenvalue weighted by atomic mass is 10.0. The number of fused-ring (bicyclic) bond motifs is 1. The van der Waals surface area contributed by atoms with Crippen molar-refractivity contribution in [1.82, 2.24) is 4.90 Å². The van der Waals surface area contributed by atoms with Gasteiger partial charge in [-0.2, -0.15) is 0 Å². The zero-order valence-electron chi connectivity index (χ0n) is 18.3. The first-order valence-corrected chi connectivity index (χ1v) is 11.9. The predicted octanol–water partition coefficient (Wildman–Crippen LogP) is 4.30. The number of hydrogen-bond acceptors (Lipinski definition) is 5. The average molecular weight is 423 g/mol. The Morgan fingerprint density at radius 1 is 0.968 bits per heavy atom. The Labute approximate surface area is 185 Å². The van der Waals surface area contributed by atoms with Crippen molar-refractivity contribution >= 4 is 5.69 Å². The molecule has 166 valence electrons. The number of hydrogen-bond donors (Lipinski definition) is 2. The molecule has 0 radical (unpaired) electrons. The summed E-state index contributed by atoms with van der Waals surface area (Å²) in [6, 6.07) is 15.1. The lowest BCUT2D eigenvalue weighted by Gasteiger charge is -2.32. The van der Waals surface area contributed by atoms with E-state index in [1.807, 2.05) is 12.1 Å². The van der Waals surface area contributed by atoms with Gasteiger partial charge in [-0.1, -0.05) is 24.3 Å². The van der Waals surface area contributed by atoms with Crippen LogP contribution in [0, 0.1) is 0 Å². The van der Waals surface area contributed by atoms with E-state index in [9.17, 15) is 5.11 Å². The van der Waals surface area contributed by atoms with E-state index in [4.69, 9.17) is 9.47 Å². The third-order valence-corrected chi connectivity index (χ3v) is 6.77. The summed E-state index contributed by atoms with van der Waals surface area (Å²) >= 11 is 0. The Morgan fingerprint density at radius 3 is 2.55 bits per heavy atom. The molecule has 5 nitrogen and oxygen atoms in total.